The summed E-state index contributed by atoms with van der Waals surface area (Å²) in [6, 6.07) is 17.8. The zero-order valence-electron chi connectivity index (χ0n) is 13.3. The number of hydrogen-bond donors (Lipinski definition) is 1. The normalized spacial score (nSPS) is 13.2. The standard InChI is InChI=1S/C19H24BrN/c1-5-15-6-8-16(9-7-15)14(2)21-19(3,4)17-10-12-18(20)13-11-17/h6-14,21H,5H2,1-4H3. The van der Waals surface area contributed by atoms with Crippen LogP contribution in [-0.2, 0) is 12.0 Å². The Bertz CT molecular complexity index is 570. The van der Waals surface area contributed by atoms with Crippen LogP contribution in [0.5, 0.6) is 0 Å². The number of hydrogen-bond acceptors (Lipinski definition) is 1. The van der Waals surface area contributed by atoms with Crippen LogP contribution in [0.2, 0.25) is 0 Å². The van der Waals surface area contributed by atoms with Crippen molar-refractivity contribution in [2.45, 2.75) is 45.7 Å². The minimum absolute atomic E-state index is 0.0659. The highest BCUT2D eigenvalue weighted by Gasteiger charge is 2.22. The van der Waals surface area contributed by atoms with Crippen molar-refractivity contribution in [3.05, 3.63) is 69.7 Å². The second kappa shape index (κ2) is 6.76. The monoisotopic (exact) mass is 345 g/mol. The topological polar surface area (TPSA) is 12.0 Å². The minimum atomic E-state index is -0.0659. The van der Waals surface area contributed by atoms with Crippen molar-refractivity contribution in [1.29, 1.82) is 0 Å². The zero-order chi connectivity index (χ0) is 15.5. The predicted molar refractivity (Wildman–Crippen MR) is 94.5 cm³/mol. The maximum Gasteiger partial charge on any atom is 0.0382 e. The van der Waals surface area contributed by atoms with Gasteiger partial charge in [0.05, 0.1) is 0 Å². The summed E-state index contributed by atoms with van der Waals surface area (Å²) >= 11 is 3.49. The van der Waals surface area contributed by atoms with Gasteiger partial charge in [-0.3, -0.25) is 0 Å². The Morgan fingerprint density at radius 1 is 1.00 bits per heavy atom. The lowest BCUT2D eigenvalue weighted by Crippen LogP contribution is -2.38. The molecule has 21 heavy (non-hydrogen) atoms. The summed E-state index contributed by atoms with van der Waals surface area (Å²) in [5, 5.41) is 3.73. The SMILES string of the molecule is CCc1ccc(C(C)NC(C)(C)c2ccc(Br)cc2)cc1. The fourth-order valence-electron chi connectivity index (χ4n) is 2.62. The Morgan fingerprint density at radius 3 is 2.10 bits per heavy atom. The van der Waals surface area contributed by atoms with E-state index < -0.39 is 0 Å². The molecule has 0 radical (unpaired) electrons. The van der Waals surface area contributed by atoms with E-state index in [0.717, 1.165) is 10.9 Å². The highest BCUT2D eigenvalue weighted by molar-refractivity contribution is 9.10. The summed E-state index contributed by atoms with van der Waals surface area (Å²) in [6.45, 7) is 8.87. The Kier molecular flexibility index (Phi) is 5.23. The van der Waals surface area contributed by atoms with Crippen molar-refractivity contribution in [3.8, 4) is 0 Å². The quantitative estimate of drug-likeness (QED) is 0.743. The Morgan fingerprint density at radius 2 is 1.57 bits per heavy atom. The molecule has 112 valence electrons. The molecule has 0 aliphatic carbocycles. The second-order valence-corrected chi connectivity index (χ2v) is 7.01. The smallest absolute Gasteiger partial charge is 0.0382 e. The largest absolute Gasteiger partial charge is 0.301 e. The number of rotatable bonds is 5. The first-order chi connectivity index (χ1) is 9.92. The van der Waals surface area contributed by atoms with E-state index in [1.54, 1.807) is 0 Å². The van der Waals surface area contributed by atoms with Gasteiger partial charge in [-0.05, 0) is 56.0 Å². The minimum Gasteiger partial charge on any atom is -0.301 e. The van der Waals surface area contributed by atoms with Crippen LogP contribution in [-0.4, -0.2) is 0 Å². The highest BCUT2D eigenvalue weighted by Crippen LogP contribution is 2.26. The third kappa shape index (κ3) is 4.18. The van der Waals surface area contributed by atoms with Crippen molar-refractivity contribution < 1.29 is 0 Å². The van der Waals surface area contributed by atoms with E-state index in [0.29, 0.717) is 6.04 Å². The van der Waals surface area contributed by atoms with Crippen LogP contribution in [0.1, 0.15) is 50.4 Å². The van der Waals surface area contributed by atoms with E-state index >= 15 is 0 Å². The predicted octanol–water partition coefficient (Wildman–Crippen LogP) is 5.60. The Balaban J connectivity index is 2.12. The molecule has 0 amide bonds. The van der Waals surface area contributed by atoms with Gasteiger partial charge in [0.2, 0.25) is 0 Å². The van der Waals surface area contributed by atoms with Crippen molar-refractivity contribution in [2.24, 2.45) is 0 Å². The molecule has 2 rings (SSSR count). The summed E-state index contributed by atoms with van der Waals surface area (Å²) in [7, 11) is 0. The first-order valence-electron chi connectivity index (χ1n) is 7.55. The van der Waals surface area contributed by atoms with Crippen molar-refractivity contribution in [2.75, 3.05) is 0 Å². The van der Waals surface area contributed by atoms with Gasteiger partial charge in [0.25, 0.3) is 0 Å². The molecule has 1 nitrogen and oxygen atoms in total. The van der Waals surface area contributed by atoms with Crippen LogP contribution in [0.25, 0.3) is 0 Å². The van der Waals surface area contributed by atoms with E-state index in [9.17, 15) is 0 Å². The van der Waals surface area contributed by atoms with E-state index in [1.807, 2.05) is 0 Å². The molecule has 0 aliphatic rings. The third-order valence-corrected chi connectivity index (χ3v) is 4.56. The molecule has 0 saturated heterocycles. The van der Waals surface area contributed by atoms with Gasteiger partial charge in [-0.1, -0.05) is 59.3 Å². The molecular formula is C19H24BrN. The van der Waals surface area contributed by atoms with Gasteiger partial charge in [-0.2, -0.15) is 0 Å². The molecular weight excluding hydrogens is 322 g/mol. The Labute approximate surface area is 136 Å². The molecule has 0 spiro atoms. The Hall–Kier alpha value is -1.12. The number of halogens is 1. The van der Waals surface area contributed by atoms with E-state index in [-0.39, 0.29) is 5.54 Å². The lowest BCUT2D eigenvalue weighted by molar-refractivity contribution is 0.357. The van der Waals surface area contributed by atoms with Crippen LogP contribution in [0.15, 0.2) is 53.0 Å². The van der Waals surface area contributed by atoms with Gasteiger partial charge >= 0.3 is 0 Å². The lowest BCUT2D eigenvalue weighted by atomic mass is 9.92. The number of nitrogens with one attached hydrogen (secondary N) is 1. The molecule has 0 aliphatic heterocycles. The average molecular weight is 346 g/mol. The number of benzene rings is 2. The molecule has 0 bridgehead atoms. The van der Waals surface area contributed by atoms with E-state index in [4.69, 9.17) is 0 Å². The molecule has 0 fully saturated rings. The molecule has 2 heteroatoms. The summed E-state index contributed by atoms with van der Waals surface area (Å²) in [6.07, 6.45) is 1.09. The molecule has 0 aromatic heterocycles. The molecule has 0 heterocycles. The molecule has 2 aromatic rings. The van der Waals surface area contributed by atoms with Crippen LogP contribution in [0.4, 0.5) is 0 Å². The van der Waals surface area contributed by atoms with E-state index in [2.05, 4.69) is 97.5 Å². The maximum absolute atomic E-state index is 3.73. The molecule has 2 aromatic carbocycles. The van der Waals surface area contributed by atoms with Crippen molar-refractivity contribution >= 4 is 15.9 Å². The first kappa shape index (κ1) is 16.3. The van der Waals surface area contributed by atoms with E-state index in [1.165, 1.54) is 16.7 Å². The van der Waals surface area contributed by atoms with Crippen LogP contribution < -0.4 is 5.32 Å². The van der Waals surface area contributed by atoms with Gasteiger partial charge in [0.1, 0.15) is 0 Å². The fraction of sp³-hybridized carbons (Fsp3) is 0.368. The molecule has 1 N–H and O–H groups in total. The summed E-state index contributed by atoms with van der Waals surface area (Å²) in [5.41, 5.74) is 3.95. The van der Waals surface area contributed by atoms with Crippen molar-refractivity contribution in [3.63, 3.8) is 0 Å². The summed E-state index contributed by atoms with van der Waals surface area (Å²) < 4.78 is 1.12. The second-order valence-electron chi connectivity index (χ2n) is 6.09. The molecule has 1 atom stereocenters. The van der Waals surface area contributed by atoms with Gasteiger partial charge in [-0.15, -0.1) is 0 Å². The van der Waals surface area contributed by atoms with Crippen LogP contribution in [0.3, 0.4) is 0 Å². The van der Waals surface area contributed by atoms with Gasteiger partial charge in [0, 0.05) is 16.1 Å². The van der Waals surface area contributed by atoms with Crippen LogP contribution in [0, 0.1) is 0 Å². The highest BCUT2D eigenvalue weighted by atomic mass is 79.9. The van der Waals surface area contributed by atoms with Gasteiger partial charge < -0.3 is 5.32 Å². The molecule has 1 unspecified atom stereocenters. The fourth-order valence-corrected chi connectivity index (χ4v) is 2.88. The lowest BCUT2D eigenvalue weighted by Gasteiger charge is -2.31. The summed E-state index contributed by atoms with van der Waals surface area (Å²) in [4.78, 5) is 0. The third-order valence-electron chi connectivity index (χ3n) is 4.03. The summed E-state index contributed by atoms with van der Waals surface area (Å²) in [5.74, 6) is 0. The van der Waals surface area contributed by atoms with Crippen LogP contribution >= 0.6 is 15.9 Å². The van der Waals surface area contributed by atoms with Gasteiger partial charge in [-0.25, -0.2) is 0 Å². The maximum atomic E-state index is 3.73. The first-order valence-corrected chi connectivity index (χ1v) is 8.34. The van der Waals surface area contributed by atoms with Crippen molar-refractivity contribution in [1.82, 2.24) is 5.32 Å². The molecule has 0 saturated carbocycles. The average Bonchev–Trinajstić information content (AvgIpc) is 2.47. The van der Waals surface area contributed by atoms with Gasteiger partial charge in [0.15, 0.2) is 0 Å². The zero-order valence-corrected chi connectivity index (χ0v) is 14.9. The number of aryl methyl sites for hydroxylation is 1.